The minimum atomic E-state index is -0.773. The molecular formula is C24H26N6O2. The van der Waals surface area contributed by atoms with Crippen LogP contribution in [0.1, 0.15) is 43.9 Å². The molecular weight excluding hydrogens is 404 g/mol. The second-order valence-electron chi connectivity index (χ2n) is 8.71. The van der Waals surface area contributed by atoms with Gasteiger partial charge in [-0.3, -0.25) is 4.79 Å². The van der Waals surface area contributed by atoms with Gasteiger partial charge >= 0.3 is 0 Å². The first-order valence-corrected chi connectivity index (χ1v) is 11.1. The largest absolute Gasteiger partial charge is 0.458 e. The van der Waals surface area contributed by atoms with Crippen molar-refractivity contribution in [3.05, 3.63) is 36.4 Å². The first-order chi connectivity index (χ1) is 15.6. The summed E-state index contributed by atoms with van der Waals surface area (Å²) >= 11 is 0. The summed E-state index contributed by atoms with van der Waals surface area (Å²) in [4.78, 5) is 26.3. The van der Waals surface area contributed by atoms with E-state index in [-0.39, 0.29) is 12.3 Å². The Hall–Kier alpha value is -3.60. The lowest BCUT2D eigenvalue weighted by molar-refractivity contribution is -0.131. The highest BCUT2D eigenvalue weighted by molar-refractivity contribution is 6.02. The zero-order valence-electron chi connectivity index (χ0n) is 18.3. The van der Waals surface area contributed by atoms with Crippen LogP contribution < -0.4 is 0 Å². The molecule has 0 spiro atoms. The van der Waals surface area contributed by atoms with E-state index in [0.717, 1.165) is 40.7 Å². The molecule has 32 heavy (non-hydrogen) atoms. The van der Waals surface area contributed by atoms with Gasteiger partial charge in [0.15, 0.2) is 11.6 Å². The van der Waals surface area contributed by atoms with Crippen LogP contribution in [-0.2, 0) is 11.2 Å². The third-order valence-corrected chi connectivity index (χ3v) is 6.36. The number of hydrogen-bond acceptors (Lipinski definition) is 5. The third kappa shape index (κ3) is 3.44. The average Bonchev–Trinajstić information content (AvgIpc) is 3.54. The molecule has 1 atom stereocenters. The van der Waals surface area contributed by atoms with Crippen LogP contribution in [0.4, 0.5) is 0 Å². The number of aromatic nitrogens is 4. The van der Waals surface area contributed by atoms with E-state index in [2.05, 4.69) is 20.6 Å². The summed E-state index contributed by atoms with van der Waals surface area (Å²) in [5.74, 6) is 1.04. The van der Waals surface area contributed by atoms with Gasteiger partial charge in [-0.1, -0.05) is 19.3 Å². The Bertz CT molecular complexity index is 1320. The predicted molar refractivity (Wildman–Crippen MR) is 121 cm³/mol. The van der Waals surface area contributed by atoms with Gasteiger partial charge in [-0.15, -0.1) is 0 Å². The molecule has 1 unspecified atom stereocenters. The molecule has 0 aliphatic heterocycles. The predicted octanol–water partition coefficient (Wildman–Crippen LogP) is 4.45. The molecule has 5 rings (SSSR count). The van der Waals surface area contributed by atoms with Crippen LogP contribution in [0.25, 0.3) is 33.7 Å². The van der Waals surface area contributed by atoms with Crippen molar-refractivity contribution in [3.8, 4) is 17.7 Å². The number of aromatic amines is 1. The van der Waals surface area contributed by atoms with E-state index in [1.165, 1.54) is 24.2 Å². The molecule has 4 heterocycles. The Balaban J connectivity index is 1.59. The molecule has 0 aromatic carbocycles. The number of hydrogen-bond donors (Lipinski definition) is 1. The van der Waals surface area contributed by atoms with Gasteiger partial charge < -0.3 is 18.9 Å². The fourth-order valence-corrected chi connectivity index (χ4v) is 4.77. The number of nitrogens with zero attached hydrogens (tertiary/aromatic N) is 5. The number of nitriles is 1. The molecule has 1 N–H and O–H groups in total. The fourth-order valence-electron chi connectivity index (χ4n) is 4.77. The van der Waals surface area contributed by atoms with E-state index in [4.69, 9.17) is 9.40 Å². The lowest BCUT2D eigenvalue weighted by Gasteiger charge is -2.25. The molecule has 164 valence electrons. The molecule has 4 aromatic rings. The smallest absolute Gasteiger partial charge is 0.239 e. The summed E-state index contributed by atoms with van der Waals surface area (Å²) in [6, 6.07) is 8.23. The minimum Gasteiger partial charge on any atom is -0.458 e. The number of furan rings is 1. The Morgan fingerprint density at radius 2 is 2.12 bits per heavy atom. The first kappa shape index (κ1) is 20.3. The molecule has 1 aliphatic rings. The summed E-state index contributed by atoms with van der Waals surface area (Å²) in [6.07, 6.45) is 9.82. The number of amides is 1. The molecule has 1 saturated carbocycles. The highest BCUT2D eigenvalue weighted by atomic mass is 16.3. The Labute approximate surface area is 185 Å². The third-order valence-electron chi connectivity index (χ3n) is 6.36. The van der Waals surface area contributed by atoms with Gasteiger partial charge in [0, 0.05) is 38.1 Å². The number of nitrogens with one attached hydrogen (secondary N) is 1. The van der Waals surface area contributed by atoms with Crippen molar-refractivity contribution in [2.75, 3.05) is 14.1 Å². The normalized spacial score (nSPS) is 15.8. The summed E-state index contributed by atoms with van der Waals surface area (Å²) < 4.78 is 8.47. The Morgan fingerprint density at radius 1 is 1.31 bits per heavy atom. The van der Waals surface area contributed by atoms with Crippen molar-refractivity contribution in [1.82, 2.24) is 24.4 Å². The molecule has 0 saturated heterocycles. The summed E-state index contributed by atoms with van der Waals surface area (Å²) in [5.41, 5.74) is 2.77. The van der Waals surface area contributed by atoms with Crippen molar-refractivity contribution in [2.24, 2.45) is 5.92 Å². The number of H-pyrrole nitrogens is 1. The van der Waals surface area contributed by atoms with Crippen molar-refractivity contribution in [1.29, 1.82) is 5.26 Å². The molecule has 8 heteroatoms. The van der Waals surface area contributed by atoms with Gasteiger partial charge in [0.2, 0.25) is 5.91 Å². The Kier molecular flexibility index (Phi) is 5.17. The zero-order valence-corrected chi connectivity index (χ0v) is 18.3. The first-order valence-electron chi connectivity index (χ1n) is 11.1. The molecule has 1 fully saturated rings. The lowest BCUT2D eigenvalue weighted by atomic mass is 9.95. The molecule has 1 amide bonds. The topological polar surface area (TPSA) is 104 Å². The second-order valence-corrected chi connectivity index (χ2v) is 8.71. The van der Waals surface area contributed by atoms with E-state index >= 15 is 0 Å². The maximum Gasteiger partial charge on any atom is 0.239 e. The van der Waals surface area contributed by atoms with Crippen LogP contribution in [0.2, 0.25) is 0 Å². The molecule has 0 bridgehead atoms. The maximum absolute atomic E-state index is 12.3. The van der Waals surface area contributed by atoms with E-state index in [9.17, 15) is 10.1 Å². The molecule has 0 radical (unpaired) electrons. The van der Waals surface area contributed by atoms with Gasteiger partial charge in [0.1, 0.15) is 22.8 Å². The lowest BCUT2D eigenvalue weighted by Crippen LogP contribution is -2.29. The van der Waals surface area contributed by atoms with Crippen molar-refractivity contribution < 1.29 is 9.21 Å². The number of fused-ring (bicyclic) bond motifs is 3. The quantitative estimate of drug-likeness (QED) is 0.504. The Morgan fingerprint density at radius 3 is 2.88 bits per heavy atom. The number of rotatable bonds is 5. The number of carbonyl (C=O) groups is 1. The van der Waals surface area contributed by atoms with Crippen LogP contribution >= 0.6 is 0 Å². The standard InChI is InChI=1S/C24H26N6O2/c1-29(2)24(31)15(13-25)12-17-8-9-20(32-17)23-28-19-14-27-22-18(10-11-26-22)21(19)30(23)16-6-4-3-5-7-16/h8-11,14-16H,3-7,12H2,1-2H3,(H,26,27). The highest BCUT2D eigenvalue weighted by Gasteiger charge is 2.27. The van der Waals surface area contributed by atoms with Crippen molar-refractivity contribution >= 4 is 28.0 Å². The van der Waals surface area contributed by atoms with E-state index < -0.39 is 5.92 Å². The van der Waals surface area contributed by atoms with Crippen molar-refractivity contribution in [2.45, 2.75) is 44.6 Å². The molecule has 1 aliphatic carbocycles. The number of carbonyl (C=O) groups excluding carboxylic acids is 1. The highest BCUT2D eigenvalue weighted by Crippen LogP contribution is 2.38. The van der Waals surface area contributed by atoms with Crippen LogP contribution in [0, 0.1) is 17.2 Å². The van der Waals surface area contributed by atoms with E-state index in [1.54, 1.807) is 14.1 Å². The minimum absolute atomic E-state index is 0.221. The molecule has 8 nitrogen and oxygen atoms in total. The molecule has 4 aromatic heterocycles. The maximum atomic E-state index is 12.3. The zero-order chi connectivity index (χ0) is 22.2. The SMILES string of the molecule is CN(C)C(=O)C(C#N)Cc1ccc(-c2nc3cnc4[nH]ccc4c3n2C2CCCCC2)o1. The number of pyridine rings is 1. The summed E-state index contributed by atoms with van der Waals surface area (Å²) in [7, 11) is 3.31. The second kappa shape index (κ2) is 8.15. The monoisotopic (exact) mass is 430 g/mol. The van der Waals surface area contributed by atoms with Crippen LogP contribution in [0.3, 0.4) is 0 Å². The summed E-state index contributed by atoms with van der Waals surface area (Å²) in [5, 5.41) is 10.5. The van der Waals surface area contributed by atoms with E-state index in [0.29, 0.717) is 17.6 Å². The number of imidazole rings is 1. The van der Waals surface area contributed by atoms with Gasteiger partial charge in [0.05, 0.1) is 17.8 Å². The van der Waals surface area contributed by atoms with Gasteiger partial charge in [-0.05, 0) is 31.0 Å². The summed E-state index contributed by atoms with van der Waals surface area (Å²) in [6.45, 7) is 0. The van der Waals surface area contributed by atoms with Crippen LogP contribution in [-0.4, -0.2) is 44.4 Å². The van der Waals surface area contributed by atoms with Crippen molar-refractivity contribution in [3.63, 3.8) is 0 Å². The fraction of sp³-hybridized carbons (Fsp3) is 0.417. The van der Waals surface area contributed by atoms with Gasteiger partial charge in [-0.25, -0.2) is 9.97 Å². The van der Waals surface area contributed by atoms with Gasteiger partial charge in [-0.2, -0.15) is 5.26 Å². The van der Waals surface area contributed by atoms with Crippen LogP contribution in [0.5, 0.6) is 0 Å². The van der Waals surface area contributed by atoms with Crippen LogP contribution in [0.15, 0.2) is 35.0 Å². The van der Waals surface area contributed by atoms with E-state index in [1.807, 2.05) is 30.6 Å². The average molecular weight is 431 g/mol. The van der Waals surface area contributed by atoms with Gasteiger partial charge in [0.25, 0.3) is 0 Å².